The number of phosphoric ester groups is 2. The first-order chi connectivity index (χ1) is 48.7. The summed E-state index contributed by atoms with van der Waals surface area (Å²) in [7, 11) is -9.95. The number of unbranched alkanes of at least 4 members (excludes halogenated alkanes) is 35. The van der Waals surface area contributed by atoms with Gasteiger partial charge in [-0.1, -0.05) is 312 Å². The Bertz CT molecular complexity index is 2230. The number of phosphoric acid groups is 2. The molecule has 3 N–H and O–H groups in total. The summed E-state index contributed by atoms with van der Waals surface area (Å²) in [5, 5.41) is 10.6. The number of hydrogen-bond acceptors (Lipinski definition) is 15. The number of aliphatic hydroxyl groups is 1. The number of esters is 4. The third-order valence-electron chi connectivity index (χ3n) is 16.9. The Kier molecular flexibility index (Phi) is 70.8. The zero-order chi connectivity index (χ0) is 73.2. The van der Waals surface area contributed by atoms with Crippen LogP contribution in [-0.4, -0.2) is 96.7 Å². The van der Waals surface area contributed by atoms with Gasteiger partial charge in [-0.05, 0) is 96.3 Å². The van der Waals surface area contributed by atoms with Gasteiger partial charge in [-0.3, -0.25) is 37.3 Å². The SMILES string of the molecule is CC/C=C\C/C=C\C/C=C\C/C=C\CCCCC(=O)OCC(COP(=O)(O)OCC(O)COP(=O)(O)OCC(COC(=O)CCCCCCCCC/C=C\C/C=C\C/C=C\CC)OC(=O)CCCCCCCCCCCCCCCCC)OC(=O)CCCCCCCCCCCCCCC. The van der Waals surface area contributed by atoms with Crippen LogP contribution in [0.15, 0.2) is 85.1 Å². The first-order valence-electron chi connectivity index (χ1n) is 39.8. The summed E-state index contributed by atoms with van der Waals surface area (Å²) in [5.74, 6) is -2.20. The molecule has 580 valence electrons. The first-order valence-corrected chi connectivity index (χ1v) is 42.8. The van der Waals surface area contributed by atoms with E-state index in [0.717, 1.165) is 154 Å². The van der Waals surface area contributed by atoms with Gasteiger partial charge in [-0.15, -0.1) is 0 Å². The lowest BCUT2D eigenvalue weighted by molar-refractivity contribution is -0.161. The first kappa shape index (κ1) is 96.2. The van der Waals surface area contributed by atoms with E-state index in [1.54, 1.807) is 0 Å². The summed E-state index contributed by atoms with van der Waals surface area (Å²) in [5.41, 5.74) is 0. The zero-order valence-electron chi connectivity index (χ0n) is 63.4. The largest absolute Gasteiger partial charge is 0.472 e. The van der Waals surface area contributed by atoms with Crippen LogP contribution in [0.1, 0.15) is 349 Å². The van der Waals surface area contributed by atoms with Crippen molar-refractivity contribution in [1.82, 2.24) is 0 Å². The van der Waals surface area contributed by atoms with Gasteiger partial charge >= 0.3 is 39.5 Å². The van der Waals surface area contributed by atoms with Crippen molar-refractivity contribution >= 4 is 39.5 Å². The Morgan fingerprint density at radius 2 is 0.520 bits per heavy atom. The lowest BCUT2D eigenvalue weighted by atomic mass is 10.0. The Morgan fingerprint density at radius 3 is 0.820 bits per heavy atom. The lowest BCUT2D eigenvalue weighted by Gasteiger charge is -2.21. The molecule has 0 aromatic rings. The van der Waals surface area contributed by atoms with Gasteiger partial charge in [0, 0.05) is 25.7 Å². The standard InChI is InChI=1S/C81H144O17P2/c1-5-9-13-17-21-25-29-33-36-37-40-43-46-50-54-58-62-66-79(84)92-72-77(98-81(86)68-64-60-56-52-48-44-39-35-31-27-23-19-15-11-7-3)74-96-100(89,90)94-70-75(82)69-93-99(87,88)95-73-76(97-80(85)67-63-59-55-51-47-41-32-28-24-20-16-12-8-4)71-91-78(83)65-61-57-53-49-45-42-38-34-30-26-22-18-14-10-6-2/h9-10,13-14,21-22,25-26,33-34,36,38,45,49,75-77,82H,5-8,11-12,15-20,23-24,27-32,35,37,39-44,46-48,50-74H2,1-4H3,(H,87,88)(H,89,90)/b13-9-,14-10-,25-21-,26-22-,36-33-,38-34-,49-45-. The Labute approximate surface area is 608 Å². The number of ether oxygens (including phenoxy) is 4. The molecule has 0 heterocycles. The van der Waals surface area contributed by atoms with E-state index in [-0.39, 0.29) is 25.7 Å². The van der Waals surface area contributed by atoms with Crippen molar-refractivity contribution in [2.45, 2.75) is 367 Å². The zero-order valence-corrected chi connectivity index (χ0v) is 65.2. The fourth-order valence-corrected chi connectivity index (χ4v) is 12.5. The predicted octanol–water partition coefficient (Wildman–Crippen LogP) is 23.0. The predicted molar refractivity (Wildman–Crippen MR) is 409 cm³/mol. The van der Waals surface area contributed by atoms with Crippen LogP contribution >= 0.6 is 15.6 Å². The van der Waals surface area contributed by atoms with Crippen LogP contribution in [0, 0.1) is 0 Å². The third-order valence-corrected chi connectivity index (χ3v) is 18.8. The maximum absolute atomic E-state index is 13.1. The topological polar surface area (TPSA) is 237 Å². The molecule has 5 atom stereocenters. The average molecular weight is 1450 g/mol. The molecule has 0 bridgehead atoms. The molecule has 0 radical (unpaired) electrons. The summed E-state index contributed by atoms with van der Waals surface area (Å²) in [6.07, 6.45) is 75.6. The van der Waals surface area contributed by atoms with E-state index in [2.05, 4.69) is 113 Å². The molecule has 0 rings (SSSR count). The fraction of sp³-hybridized carbons (Fsp3) is 0.778. The number of carbonyl (C=O) groups excluding carboxylic acids is 4. The van der Waals surface area contributed by atoms with Crippen LogP contribution in [0.2, 0.25) is 0 Å². The second-order valence-electron chi connectivity index (χ2n) is 26.6. The van der Waals surface area contributed by atoms with E-state index in [4.69, 9.17) is 37.0 Å². The second kappa shape index (κ2) is 73.5. The number of rotatable bonds is 75. The van der Waals surface area contributed by atoms with Gasteiger partial charge in [0.15, 0.2) is 12.2 Å². The van der Waals surface area contributed by atoms with Crippen LogP contribution in [0.3, 0.4) is 0 Å². The van der Waals surface area contributed by atoms with Crippen LogP contribution in [0.5, 0.6) is 0 Å². The molecule has 5 unspecified atom stereocenters. The van der Waals surface area contributed by atoms with Crippen LogP contribution in [-0.2, 0) is 65.4 Å². The summed E-state index contributed by atoms with van der Waals surface area (Å²) in [4.78, 5) is 73.0. The molecule has 0 spiro atoms. The van der Waals surface area contributed by atoms with Crippen molar-refractivity contribution in [3.63, 3.8) is 0 Å². The van der Waals surface area contributed by atoms with E-state index in [1.807, 2.05) is 0 Å². The molecule has 17 nitrogen and oxygen atoms in total. The van der Waals surface area contributed by atoms with E-state index >= 15 is 0 Å². The quantitative estimate of drug-likeness (QED) is 0.0169. The van der Waals surface area contributed by atoms with Crippen molar-refractivity contribution < 1.29 is 80.2 Å². The van der Waals surface area contributed by atoms with Gasteiger partial charge in [0.2, 0.25) is 0 Å². The molecule has 0 saturated carbocycles. The van der Waals surface area contributed by atoms with Crippen molar-refractivity contribution in [2.75, 3.05) is 39.6 Å². The normalized spacial score (nSPS) is 14.3. The second-order valence-corrected chi connectivity index (χ2v) is 29.5. The van der Waals surface area contributed by atoms with E-state index in [0.29, 0.717) is 25.7 Å². The number of allylic oxidation sites excluding steroid dienone is 14. The van der Waals surface area contributed by atoms with Crippen molar-refractivity contribution in [3.05, 3.63) is 85.1 Å². The molecule has 100 heavy (non-hydrogen) atoms. The van der Waals surface area contributed by atoms with Gasteiger partial charge in [-0.25, -0.2) is 9.13 Å². The van der Waals surface area contributed by atoms with Crippen LogP contribution in [0.25, 0.3) is 0 Å². The summed E-state index contributed by atoms with van der Waals surface area (Å²) in [6, 6.07) is 0. The van der Waals surface area contributed by atoms with E-state index in [1.165, 1.54) is 116 Å². The molecule has 0 aliphatic heterocycles. The molecule has 0 aliphatic carbocycles. The summed E-state index contributed by atoms with van der Waals surface area (Å²) < 4.78 is 68.6. The highest BCUT2D eigenvalue weighted by atomic mass is 31.2. The average Bonchev–Trinajstić information content (AvgIpc) is 0.937. The van der Waals surface area contributed by atoms with Gasteiger partial charge in [-0.2, -0.15) is 0 Å². The number of aliphatic hydroxyl groups excluding tert-OH is 1. The minimum atomic E-state index is -4.98. The third kappa shape index (κ3) is 72.6. The molecule has 19 heteroatoms. The van der Waals surface area contributed by atoms with Crippen molar-refractivity contribution in [1.29, 1.82) is 0 Å². The number of hydrogen-bond donors (Lipinski definition) is 3. The highest BCUT2D eigenvalue weighted by Gasteiger charge is 2.30. The fourth-order valence-electron chi connectivity index (χ4n) is 10.9. The minimum Gasteiger partial charge on any atom is -0.462 e. The molecule has 0 amide bonds. The molecule has 0 aromatic heterocycles. The number of carbonyl (C=O) groups is 4. The van der Waals surface area contributed by atoms with Gasteiger partial charge in [0.1, 0.15) is 19.3 Å². The Balaban J connectivity index is 5.35. The molecule has 0 fully saturated rings. The van der Waals surface area contributed by atoms with Crippen LogP contribution in [0.4, 0.5) is 0 Å². The molecule has 0 saturated heterocycles. The van der Waals surface area contributed by atoms with E-state index in [9.17, 15) is 43.2 Å². The molecule has 0 aromatic carbocycles. The van der Waals surface area contributed by atoms with Crippen molar-refractivity contribution in [2.24, 2.45) is 0 Å². The molecule has 0 aliphatic rings. The Hall–Kier alpha value is -3.76. The smallest absolute Gasteiger partial charge is 0.462 e. The lowest BCUT2D eigenvalue weighted by Crippen LogP contribution is -2.30. The summed E-state index contributed by atoms with van der Waals surface area (Å²) >= 11 is 0. The van der Waals surface area contributed by atoms with Gasteiger partial charge < -0.3 is 33.8 Å². The maximum Gasteiger partial charge on any atom is 0.472 e. The minimum absolute atomic E-state index is 0.0903. The van der Waals surface area contributed by atoms with Gasteiger partial charge in [0.25, 0.3) is 0 Å². The monoisotopic (exact) mass is 1450 g/mol. The summed E-state index contributed by atoms with van der Waals surface area (Å²) in [6.45, 7) is 4.65. The Morgan fingerprint density at radius 1 is 0.290 bits per heavy atom. The maximum atomic E-state index is 13.1. The molecular weight excluding hydrogens is 1310 g/mol. The molecular formula is C81H144O17P2. The highest BCUT2D eigenvalue weighted by molar-refractivity contribution is 7.47. The van der Waals surface area contributed by atoms with Crippen molar-refractivity contribution in [3.8, 4) is 0 Å². The highest BCUT2D eigenvalue weighted by Crippen LogP contribution is 2.45. The van der Waals surface area contributed by atoms with Crippen LogP contribution < -0.4 is 0 Å². The van der Waals surface area contributed by atoms with E-state index < -0.39 is 97.5 Å². The van der Waals surface area contributed by atoms with Gasteiger partial charge in [0.05, 0.1) is 26.4 Å².